The highest BCUT2D eigenvalue weighted by atomic mass is 31.1. The summed E-state index contributed by atoms with van der Waals surface area (Å²) in [7, 11) is 1.05. The molecule has 15 heavy (non-hydrogen) atoms. The zero-order chi connectivity index (χ0) is 10.7. The molecule has 0 radical (unpaired) electrons. The van der Waals surface area contributed by atoms with Crippen LogP contribution in [0.5, 0.6) is 0 Å². The van der Waals surface area contributed by atoms with Crippen LogP contribution in [0.25, 0.3) is 0 Å². The summed E-state index contributed by atoms with van der Waals surface area (Å²) in [5, 5.41) is 1.58. The third-order valence-corrected chi connectivity index (χ3v) is 4.81. The third-order valence-electron chi connectivity index (χ3n) is 3.20. The van der Waals surface area contributed by atoms with E-state index in [0.29, 0.717) is 0 Å². The zero-order valence-corrected chi connectivity index (χ0v) is 10.8. The molecule has 1 saturated carbocycles. The van der Waals surface area contributed by atoms with Crippen LogP contribution in [0.2, 0.25) is 0 Å². The fourth-order valence-electron chi connectivity index (χ4n) is 2.54. The van der Waals surface area contributed by atoms with Gasteiger partial charge in [0.25, 0.3) is 0 Å². The lowest BCUT2D eigenvalue weighted by atomic mass is 10.0. The molecule has 1 fully saturated rings. The van der Waals surface area contributed by atoms with Crippen molar-refractivity contribution in [2.75, 3.05) is 0 Å². The Hall–Kier alpha value is -0.350. The third kappa shape index (κ3) is 3.31. The number of hydrogen-bond donors (Lipinski definition) is 0. The average Bonchev–Trinajstić information content (AvgIpc) is 2.17. The van der Waals surface area contributed by atoms with Gasteiger partial charge in [-0.05, 0) is 37.7 Å². The number of hydrogen-bond acceptors (Lipinski definition) is 0. The predicted molar refractivity (Wildman–Crippen MR) is 70.7 cm³/mol. The lowest BCUT2D eigenvalue weighted by Gasteiger charge is -2.21. The van der Waals surface area contributed by atoms with Gasteiger partial charge in [-0.3, -0.25) is 0 Å². The molecule has 0 aromatic heterocycles. The van der Waals surface area contributed by atoms with Crippen LogP contribution in [-0.2, 0) is 0 Å². The van der Waals surface area contributed by atoms with Gasteiger partial charge in [-0.2, -0.15) is 0 Å². The second-order valence-corrected chi connectivity index (χ2v) is 6.54. The Labute approximate surface area is 95.3 Å². The van der Waals surface area contributed by atoms with E-state index in [0.717, 1.165) is 14.2 Å². The van der Waals surface area contributed by atoms with Crippen molar-refractivity contribution >= 4 is 13.9 Å². The van der Waals surface area contributed by atoms with Crippen LogP contribution in [0, 0.1) is 13.8 Å². The summed E-state index contributed by atoms with van der Waals surface area (Å²) >= 11 is 0. The summed E-state index contributed by atoms with van der Waals surface area (Å²) < 4.78 is 0. The standard InChI is InChI=1S/C14H21P/c1-11-8-12(2)10-14(9-11)15-13-6-4-3-5-7-13/h8-10,13,15H,3-7H2,1-2H3. The molecule has 0 N–H and O–H groups in total. The Balaban J connectivity index is 2.02. The predicted octanol–water partition coefficient (Wildman–Crippen LogP) is 3.94. The largest absolute Gasteiger partial charge is 0.0872 e. The molecule has 0 heterocycles. The normalized spacial score (nSPS) is 18.8. The number of rotatable bonds is 2. The molecule has 0 spiro atoms. The minimum Gasteiger partial charge on any atom is -0.0872 e. The van der Waals surface area contributed by atoms with Crippen LogP contribution in [0.1, 0.15) is 43.2 Å². The molecule has 1 aliphatic carbocycles. The fraction of sp³-hybridized carbons (Fsp3) is 0.571. The monoisotopic (exact) mass is 220 g/mol. The molecular weight excluding hydrogens is 199 g/mol. The molecule has 0 amide bonds. The first kappa shape index (κ1) is 11.1. The molecular formula is C14H21P. The molecule has 0 saturated heterocycles. The van der Waals surface area contributed by atoms with E-state index in [9.17, 15) is 0 Å². The minimum atomic E-state index is 0.986. The molecule has 2 rings (SSSR count). The second kappa shape index (κ2) is 5.12. The highest BCUT2D eigenvalue weighted by molar-refractivity contribution is 7.48. The van der Waals surface area contributed by atoms with Gasteiger partial charge >= 0.3 is 0 Å². The molecule has 1 aromatic rings. The summed E-state index contributed by atoms with van der Waals surface area (Å²) in [4.78, 5) is 0. The van der Waals surface area contributed by atoms with E-state index >= 15 is 0 Å². The van der Waals surface area contributed by atoms with Crippen LogP contribution in [-0.4, -0.2) is 5.66 Å². The molecule has 0 aliphatic heterocycles. The zero-order valence-electron chi connectivity index (χ0n) is 9.84. The maximum Gasteiger partial charge on any atom is -0.0196 e. The van der Waals surface area contributed by atoms with Crippen molar-refractivity contribution in [2.24, 2.45) is 0 Å². The SMILES string of the molecule is Cc1cc(C)cc(PC2CCCCC2)c1. The molecule has 1 unspecified atom stereocenters. The average molecular weight is 220 g/mol. The first-order chi connectivity index (χ1) is 7.24. The van der Waals surface area contributed by atoms with Gasteiger partial charge in [0, 0.05) is 0 Å². The van der Waals surface area contributed by atoms with Crippen LogP contribution >= 0.6 is 8.58 Å². The van der Waals surface area contributed by atoms with Crippen LogP contribution < -0.4 is 5.30 Å². The van der Waals surface area contributed by atoms with Gasteiger partial charge in [0.1, 0.15) is 0 Å². The van der Waals surface area contributed by atoms with E-state index in [1.54, 1.807) is 5.30 Å². The number of benzene rings is 1. The summed E-state index contributed by atoms with van der Waals surface area (Å²) in [5.74, 6) is 0. The molecule has 0 nitrogen and oxygen atoms in total. The van der Waals surface area contributed by atoms with Crippen molar-refractivity contribution < 1.29 is 0 Å². The van der Waals surface area contributed by atoms with E-state index in [1.165, 1.54) is 43.2 Å². The fourth-order valence-corrected chi connectivity index (χ4v) is 4.33. The Morgan fingerprint density at radius 3 is 2.13 bits per heavy atom. The summed E-state index contributed by atoms with van der Waals surface area (Å²) in [5.41, 5.74) is 3.83. The Kier molecular flexibility index (Phi) is 3.81. The van der Waals surface area contributed by atoms with Crippen molar-refractivity contribution in [2.45, 2.75) is 51.6 Å². The maximum absolute atomic E-state index is 2.38. The van der Waals surface area contributed by atoms with Crippen molar-refractivity contribution in [1.82, 2.24) is 0 Å². The van der Waals surface area contributed by atoms with Crippen LogP contribution in [0.15, 0.2) is 18.2 Å². The van der Waals surface area contributed by atoms with E-state index in [2.05, 4.69) is 32.0 Å². The molecule has 1 heteroatoms. The Bertz CT molecular complexity index is 304. The topological polar surface area (TPSA) is 0 Å². The van der Waals surface area contributed by atoms with E-state index in [-0.39, 0.29) is 0 Å². The van der Waals surface area contributed by atoms with Crippen LogP contribution in [0.4, 0.5) is 0 Å². The lowest BCUT2D eigenvalue weighted by molar-refractivity contribution is 0.514. The van der Waals surface area contributed by atoms with Crippen molar-refractivity contribution in [3.63, 3.8) is 0 Å². The van der Waals surface area contributed by atoms with E-state index < -0.39 is 0 Å². The van der Waals surface area contributed by atoms with Gasteiger partial charge < -0.3 is 0 Å². The highest BCUT2D eigenvalue weighted by Gasteiger charge is 2.13. The molecule has 0 bridgehead atoms. The smallest absolute Gasteiger partial charge is 0.0196 e. The van der Waals surface area contributed by atoms with Gasteiger partial charge in [0.15, 0.2) is 0 Å². The highest BCUT2D eigenvalue weighted by Crippen LogP contribution is 2.32. The summed E-state index contributed by atoms with van der Waals surface area (Å²) in [6, 6.07) is 7.02. The molecule has 1 atom stereocenters. The molecule has 1 aromatic carbocycles. The first-order valence-electron chi connectivity index (χ1n) is 6.09. The molecule has 1 aliphatic rings. The maximum atomic E-state index is 2.38. The molecule has 82 valence electrons. The van der Waals surface area contributed by atoms with Gasteiger partial charge in [0.2, 0.25) is 0 Å². The Morgan fingerprint density at radius 1 is 0.933 bits per heavy atom. The second-order valence-electron chi connectivity index (χ2n) is 4.86. The quantitative estimate of drug-likeness (QED) is 0.662. The van der Waals surface area contributed by atoms with Crippen molar-refractivity contribution in [1.29, 1.82) is 0 Å². The summed E-state index contributed by atoms with van der Waals surface area (Å²) in [6.45, 7) is 4.42. The lowest BCUT2D eigenvalue weighted by Crippen LogP contribution is -2.11. The minimum absolute atomic E-state index is 0.986. The van der Waals surface area contributed by atoms with Crippen molar-refractivity contribution in [3.8, 4) is 0 Å². The van der Waals surface area contributed by atoms with Crippen LogP contribution in [0.3, 0.4) is 0 Å². The van der Waals surface area contributed by atoms with Gasteiger partial charge in [-0.25, -0.2) is 0 Å². The Morgan fingerprint density at radius 2 is 1.53 bits per heavy atom. The van der Waals surface area contributed by atoms with Gasteiger partial charge in [-0.15, -0.1) is 0 Å². The van der Waals surface area contributed by atoms with Crippen molar-refractivity contribution in [3.05, 3.63) is 29.3 Å². The first-order valence-corrected chi connectivity index (χ1v) is 7.16. The van der Waals surface area contributed by atoms with E-state index in [4.69, 9.17) is 0 Å². The van der Waals surface area contributed by atoms with Gasteiger partial charge in [-0.1, -0.05) is 57.2 Å². The van der Waals surface area contributed by atoms with E-state index in [1.807, 2.05) is 0 Å². The number of aryl methyl sites for hydroxylation is 2. The van der Waals surface area contributed by atoms with Gasteiger partial charge in [0.05, 0.1) is 0 Å². The summed E-state index contributed by atoms with van der Waals surface area (Å²) in [6.07, 6.45) is 7.32.